The molecule has 0 aromatic heterocycles. The van der Waals surface area contributed by atoms with Gasteiger partial charge < -0.3 is 0 Å². The summed E-state index contributed by atoms with van der Waals surface area (Å²) in [6.07, 6.45) is 3.37. The highest BCUT2D eigenvalue weighted by atomic mass is 35.5. The number of hydrogen-bond acceptors (Lipinski definition) is 3. The standard InChI is InChI=1S/C13H16ClN3O/c14-11-6-4-10(5-7-11)13(18)17-16-9-12-3-1-2-8-15-12/h4-7,16H,1-3,8-9H2,(H,17,18). The molecule has 0 saturated heterocycles. The molecule has 18 heavy (non-hydrogen) atoms. The van der Waals surface area contributed by atoms with Crippen molar-refractivity contribution in [3.63, 3.8) is 0 Å². The molecule has 0 atom stereocenters. The van der Waals surface area contributed by atoms with Crippen LogP contribution in [0.25, 0.3) is 0 Å². The molecule has 0 spiro atoms. The van der Waals surface area contributed by atoms with Gasteiger partial charge in [0, 0.05) is 22.8 Å². The van der Waals surface area contributed by atoms with Crippen LogP contribution in [0.5, 0.6) is 0 Å². The lowest BCUT2D eigenvalue weighted by Crippen LogP contribution is -2.40. The highest BCUT2D eigenvalue weighted by Gasteiger charge is 2.07. The lowest BCUT2D eigenvalue weighted by molar-refractivity contribution is 0.0936. The number of nitrogens with one attached hydrogen (secondary N) is 2. The minimum Gasteiger partial charge on any atom is -0.293 e. The Labute approximate surface area is 111 Å². The van der Waals surface area contributed by atoms with Crippen molar-refractivity contribution >= 4 is 23.2 Å². The first-order valence-corrected chi connectivity index (χ1v) is 6.44. The van der Waals surface area contributed by atoms with Gasteiger partial charge in [-0.05, 0) is 43.5 Å². The average molecular weight is 266 g/mol. The molecule has 1 aromatic rings. The fraction of sp³-hybridized carbons (Fsp3) is 0.385. The van der Waals surface area contributed by atoms with Gasteiger partial charge in [0.25, 0.3) is 5.91 Å². The first-order valence-electron chi connectivity index (χ1n) is 6.06. The smallest absolute Gasteiger partial charge is 0.265 e. The zero-order valence-corrected chi connectivity index (χ0v) is 10.8. The molecular formula is C13H16ClN3O. The number of hydrazine groups is 1. The maximum atomic E-state index is 11.7. The number of benzene rings is 1. The van der Waals surface area contributed by atoms with E-state index in [2.05, 4.69) is 15.8 Å². The Morgan fingerprint density at radius 3 is 2.72 bits per heavy atom. The van der Waals surface area contributed by atoms with Crippen molar-refractivity contribution < 1.29 is 4.79 Å². The van der Waals surface area contributed by atoms with Gasteiger partial charge in [0.15, 0.2) is 0 Å². The van der Waals surface area contributed by atoms with Gasteiger partial charge in [-0.2, -0.15) is 0 Å². The number of carbonyl (C=O) groups excluding carboxylic acids is 1. The molecule has 1 amide bonds. The van der Waals surface area contributed by atoms with Crippen LogP contribution in [-0.2, 0) is 0 Å². The fourth-order valence-corrected chi connectivity index (χ4v) is 1.93. The van der Waals surface area contributed by atoms with Crippen LogP contribution >= 0.6 is 11.6 Å². The fourth-order valence-electron chi connectivity index (χ4n) is 1.80. The summed E-state index contributed by atoms with van der Waals surface area (Å²) >= 11 is 5.76. The molecule has 2 rings (SSSR count). The molecule has 2 N–H and O–H groups in total. The molecule has 4 nitrogen and oxygen atoms in total. The molecule has 0 unspecified atom stereocenters. The maximum absolute atomic E-state index is 11.7. The van der Waals surface area contributed by atoms with E-state index in [0.29, 0.717) is 17.1 Å². The van der Waals surface area contributed by atoms with E-state index in [4.69, 9.17) is 11.6 Å². The highest BCUT2D eigenvalue weighted by molar-refractivity contribution is 6.30. The number of aliphatic imine (C=N–C) groups is 1. The molecule has 0 fully saturated rings. The van der Waals surface area contributed by atoms with Crippen LogP contribution in [0.3, 0.4) is 0 Å². The molecule has 5 heteroatoms. The Bertz CT molecular complexity index is 442. The van der Waals surface area contributed by atoms with Gasteiger partial charge in [0.1, 0.15) is 0 Å². The van der Waals surface area contributed by atoms with Gasteiger partial charge in [0.05, 0.1) is 6.54 Å². The number of halogens is 1. The zero-order valence-electron chi connectivity index (χ0n) is 10.1. The average Bonchev–Trinajstić information content (AvgIpc) is 2.40. The molecule has 0 saturated carbocycles. The summed E-state index contributed by atoms with van der Waals surface area (Å²) < 4.78 is 0. The topological polar surface area (TPSA) is 53.5 Å². The molecule has 0 bridgehead atoms. The summed E-state index contributed by atoms with van der Waals surface area (Å²) in [4.78, 5) is 16.1. The maximum Gasteiger partial charge on any atom is 0.265 e. The number of carbonyl (C=O) groups is 1. The van der Waals surface area contributed by atoms with E-state index in [9.17, 15) is 4.79 Å². The summed E-state index contributed by atoms with van der Waals surface area (Å²) in [6, 6.07) is 6.78. The van der Waals surface area contributed by atoms with Crippen LogP contribution in [0.2, 0.25) is 5.02 Å². The molecular weight excluding hydrogens is 250 g/mol. The van der Waals surface area contributed by atoms with E-state index in [0.717, 1.165) is 18.7 Å². The second kappa shape index (κ2) is 6.52. The van der Waals surface area contributed by atoms with Gasteiger partial charge in [-0.1, -0.05) is 11.6 Å². The Morgan fingerprint density at radius 2 is 2.06 bits per heavy atom. The molecule has 0 aliphatic carbocycles. The van der Waals surface area contributed by atoms with Gasteiger partial charge in [-0.25, -0.2) is 5.43 Å². The van der Waals surface area contributed by atoms with Crippen LogP contribution in [0.1, 0.15) is 29.6 Å². The van der Waals surface area contributed by atoms with Gasteiger partial charge in [-0.15, -0.1) is 0 Å². The van der Waals surface area contributed by atoms with Crippen molar-refractivity contribution in [1.29, 1.82) is 0 Å². The number of hydrogen-bond donors (Lipinski definition) is 2. The normalized spacial score (nSPS) is 15.1. The first kappa shape index (κ1) is 13.1. The Kier molecular flexibility index (Phi) is 4.73. The largest absolute Gasteiger partial charge is 0.293 e. The molecule has 0 radical (unpaired) electrons. The molecule has 1 aromatic carbocycles. The number of amides is 1. The Morgan fingerprint density at radius 1 is 1.28 bits per heavy atom. The Hall–Kier alpha value is -1.39. The SMILES string of the molecule is O=C(NNCC1=NCCCC1)c1ccc(Cl)cc1. The third-order valence-corrected chi connectivity index (χ3v) is 3.06. The third kappa shape index (κ3) is 3.82. The molecule has 1 aliphatic rings. The van der Waals surface area contributed by atoms with E-state index in [1.54, 1.807) is 24.3 Å². The van der Waals surface area contributed by atoms with E-state index < -0.39 is 0 Å². The van der Waals surface area contributed by atoms with Crippen LogP contribution in [0.4, 0.5) is 0 Å². The molecule has 96 valence electrons. The summed E-state index contributed by atoms with van der Waals surface area (Å²) in [5.41, 5.74) is 7.26. The van der Waals surface area contributed by atoms with Crippen molar-refractivity contribution in [2.75, 3.05) is 13.1 Å². The zero-order chi connectivity index (χ0) is 12.8. The van der Waals surface area contributed by atoms with Crippen molar-refractivity contribution in [2.24, 2.45) is 4.99 Å². The quantitative estimate of drug-likeness (QED) is 0.820. The van der Waals surface area contributed by atoms with Gasteiger partial charge >= 0.3 is 0 Å². The first-order chi connectivity index (χ1) is 8.75. The van der Waals surface area contributed by atoms with Crippen molar-refractivity contribution in [2.45, 2.75) is 19.3 Å². The summed E-state index contributed by atoms with van der Waals surface area (Å²) in [5, 5.41) is 0.621. The van der Waals surface area contributed by atoms with E-state index in [1.165, 1.54) is 12.8 Å². The van der Waals surface area contributed by atoms with Crippen LogP contribution in [-0.4, -0.2) is 24.7 Å². The van der Waals surface area contributed by atoms with Crippen LogP contribution in [0, 0.1) is 0 Å². The van der Waals surface area contributed by atoms with Gasteiger partial charge in [-0.3, -0.25) is 15.2 Å². The lowest BCUT2D eigenvalue weighted by Gasteiger charge is -2.13. The van der Waals surface area contributed by atoms with Crippen molar-refractivity contribution in [3.8, 4) is 0 Å². The lowest BCUT2D eigenvalue weighted by atomic mass is 10.1. The van der Waals surface area contributed by atoms with E-state index >= 15 is 0 Å². The predicted molar refractivity (Wildman–Crippen MR) is 73.1 cm³/mol. The van der Waals surface area contributed by atoms with Crippen LogP contribution < -0.4 is 10.9 Å². The highest BCUT2D eigenvalue weighted by Crippen LogP contribution is 2.09. The second-order valence-electron chi connectivity index (χ2n) is 4.22. The second-order valence-corrected chi connectivity index (χ2v) is 4.66. The van der Waals surface area contributed by atoms with E-state index in [1.807, 2.05) is 0 Å². The van der Waals surface area contributed by atoms with Crippen molar-refractivity contribution in [3.05, 3.63) is 34.9 Å². The predicted octanol–water partition coefficient (Wildman–Crippen LogP) is 2.20. The monoisotopic (exact) mass is 265 g/mol. The van der Waals surface area contributed by atoms with E-state index in [-0.39, 0.29) is 5.91 Å². The van der Waals surface area contributed by atoms with Crippen LogP contribution in [0.15, 0.2) is 29.3 Å². The Balaban J connectivity index is 1.78. The summed E-state index contributed by atoms with van der Waals surface area (Å²) in [5.74, 6) is -0.164. The molecule has 1 aliphatic heterocycles. The number of nitrogens with zero attached hydrogens (tertiary/aromatic N) is 1. The number of rotatable bonds is 4. The molecule has 1 heterocycles. The van der Waals surface area contributed by atoms with Gasteiger partial charge in [0.2, 0.25) is 0 Å². The minimum absolute atomic E-state index is 0.164. The summed E-state index contributed by atoms with van der Waals surface area (Å²) in [6.45, 7) is 1.52. The minimum atomic E-state index is -0.164. The summed E-state index contributed by atoms with van der Waals surface area (Å²) in [7, 11) is 0. The van der Waals surface area contributed by atoms with Crippen molar-refractivity contribution in [1.82, 2.24) is 10.9 Å². The third-order valence-electron chi connectivity index (χ3n) is 2.81.